The van der Waals surface area contributed by atoms with Gasteiger partial charge < -0.3 is 30.2 Å². The third-order valence-electron chi connectivity index (χ3n) is 9.13. The monoisotopic (exact) mass is 563 g/mol. The summed E-state index contributed by atoms with van der Waals surface area (Å²) >= 11 is 0. The summed E-state index contributed by atoms with van der Waals surface area (Å²) < 4.78 is 0. The fourth-order valence-electron chi connectivity index (χ4n) is 6.72. The third-order valence-corrected chi connectivity index (χ3v) is 9.13. The predicted octanol–water partition coefficient (Wildman–Crippen LogP) is 1.10. The summed E-state index contributed by atoms with van der Waals surface area (Å²) in [6.45, 7) is 6.55. The van der Waals surface area contributed by atoms with Gasteiger partial charge in [0.15, 0.2) is 0 Å². The van der Waals surface area contributed by atoms with Crippen LogP contribution in [0, 0.1) is 0 Å². The fourth-order valence-corrected chi connectivity index (χ4v) is 6.72. The molecule has 1 aromatic carbocycles. The van der Waals surface area contributed by atoms with Crippen LogP contribution in [0.15, 0.2) is 30.3 Å². The van der Waals surface area contributed by atoms with Gasteiger partial charge in [-0.15, -0.1) is 0 Å². The highest BCUT2D eigenvalue weighted by Gasteiger charge is 2.36. The molecule has 3 fully saturated rings. The van der Waals surface area contributed by atoms with Crippen molar-refractivity contribution >= 4 is 23.6 Å². The van der Waals surface area contributed by atoms with Crippen molar-refractivity contribution in [3.05, 3.63) is 47.2 Å². The molecule has 4 aliphatic heterocycles. The first kappa shape index (κ1) is 27.9. The van der Waals surface area contributed by atoms with Crippen molar-refractivity contribution in [2.45, 2.75) is 69.9 Å². The molecule has 0 bridgehead atoms. The number of hydrogen-bond acceptors (Lipinski definition) is 9. The van der Waals surface area contributed by atoms with E-state index < -0.39 is 12.2 Å². The second-order valence-corrected chi connectivity index (χ2v) is 11.9. The van der Waals surface area contributed by atoms with Crippen LogP contribution in [-0.4, -0.2) is 117 Å². The molecule has 11 heteroatoms. The van der Waals surface area contributed by atoms with Gasteiger partial charge in [0, 0.05) is 77.4 Å². The van der Waals surface area contributed by atoms with Crippen LogP contribution in [0.25, 0.3) is 0 Å². The van der Waals surface area contributed by atoms with Crippen molar-refractivity contribution in [2.24, 2.45) is 0 Å². The van der Waals surface area contributed by atoms with Crippen LogP contribution in [0.4, 0.5) is 11.8 Å². The highest BCUT2D eigenvalue weighted by Crippen LogP contribution is 2.27. The maximum absolute atomic E-state index is 13.8. The van der Waals surface area contributed by atoms with Crippen molar-refractivity contribution in [2.75, 3.05) is 56.0 Å². The van der Waals surface area contributed by atoms with E-state index in [2.05, 4.69) is 39.5 Å². The number of hydrogen-bond donors (Lipinski definition) is 3. The predicted molar refractivity (Wildman–Crippen MR) is 155 cm³/mol. The molecule has 41 heavy (non-hydrogen) atoms. The maximum atomic E-state index is 13.8. The van der Waals surface area contributed by atoms with Crippen LogP contribution in [0.5, 0.6) is 0 Å². The smallest absolute Gasteiger partial charge is 0.272 e. The van der Waals surface area contributed by atoms with Gasteiger partial charge in [0.05, 0.1) is 12.2 Å². The summed E-state index contributed by atoms with van der Waals surface area (Å²) in [5.41, 5.74) is 2.99. The Bertz CT molecular complexity index is 1270. The highest BCUT2D eigenvalue weighted by atomic mass is 16.3. The Labute approximate surface area is 241 Å². The first-order valence-corrected chi connectivity index (χ1v) is 15.0. The molecule has 2 aromatic rings. The molecule has 11 nitrogen and oxygen atoms in total. The number of aliphatic hydroxyl groups excluding tert-OH is 2. The van der Waals surface area contributed by atoms with E-state index in [1.165, 1.54) is 11.1 Å². The van der Waals surface area contributed by atoms with E-state index >= 15 is 0 Å². The Kier molecular flexibility index (Phi) is 8.10. The van der Waals surface area contributed by atoms with Gasteiger partial charge in [-0.05, 0) is 43.2 Å². The molecule has 2 amide bonds. The minimum atomic E-state index is -0.642. The van der Waals surface area contributed by atoms with E-state index in [1.807, 2.05) is 9.80 Å². The number of carbonyl (C=O) groups is 2. The molecule has 0 radical (unpaired) electrons. The molecule has 3 atom stereocenters. The van der Waals surface area contributed by atoms with Gasteiger partial charge in [-0.3, -0.25) is 14.5 Å². The first-order valence-electron chi connectivity index (χ1n) is 15.0. The lowest BCUT2D eigenvalue weighted by Gasteiger charge is -2.43. The van der Waals surface area contributed by atoms with Gasteiger partial charge in [-0.25, -0.2) is 4.98 Å². The summed E-state index contributed by atoms with van der Waals surface area (Å²) in [5, 5.41) is 24.8. The largest absolute Gasteiger partial charge is 0.391 e. The normalized spacial score (nSPS) is 25.7. The van der Waals surface area contributed by atoms with Gasteiger partial charge in [-0.1, -0.05) is 24.3 Å². The van der Waals surface area contributed by atoms with Crippen molar-refractivity contribution < 1.29 is 19.8 Å². The quantitative estimate of drug-likeness (QED) is 0.491. The van der Waals surface area contributed by atoms with Crippen LogP contribution >= 0.6 is 0 Å². The number of nitrogens with zero attached hydrogens (tertiary/aromatic N) is 6. The van der Waals surface area contributed by atoms with Gasteiger partial charge in [-0.2, -0.15) is 4.98 Å². The van der Waals surface area contributed by atoms with Crippen LogP contribution in [-0.2, 0) is 17.8 Å². The molecule has 3 saturated heterocycles. The van der Waals surface area contributed by atoms with E-state index in [0.717, 1.165) is 32.4 Å². The van der Waals surface area contributed by atoms with E-state index in [0.29, 0.717) is 57.3 Å². The molecule has 6 rings (SSSR count). The molecule has 220 valence electrons. The highest BCUT2D eigenvalue weighted by molar-refractivity contribution is 5.93. The zero-order valence-electron chi connectivity index (χ0n) is 23.8. The molecule has 5 heterocycles. The summed E-state index contributed by atoms with van der Waals surface area (Å²) in [6.07, 6.45) is 2.81. The molecule has 0 aliphatic carbocycles. The summed E-state index contributed by atoms with van der Waals surface area (Å²) in [5.74, 6) is 0.871. The standard InChI is InChI=1S/C30H41N7O4/c1-20(38)34-12-7-23(8-13-34)31-28-16-25(32-30(33-28)37-14-9-24(39)18-37)29(41)36-15-10-26(27(40)19-36)35-11-6-21-4-2-3-5-22(21)17-35/h2-5,16,23-24,26-27,39-40H,6-15,17-19H2,1H3,(H,31,32,33)/t24-,26+,27+/m0/s1. The van der Waals surface area contributed by atoms with Gasteiger partial charge >= 0.3 is 0 Å². The van der Waals surface area contributed by atoms with Crippen molar-refractivity contribution in [1.82, 2.24) is 24.7 Å². The number of amides is 2. The summed E-state index contributed by atoms with van der Waals surface area (Å²) in [4.78, 5) is 42.7. The topological polar surface area (TPSA) is 125 Å². The Hall–Kier alpha value is -3.28. The van der Waals surface area contributed by atoms with E-state index in [1.54, 1.807) is 17.9 Å². The Morgan fingerprint density at radius 3 is 2.37 bits per heavy atom. The van der Waals surface area contributed by atoms with E-state index in [-0.39, 0.29) is 36.1 Å². The third kappa shape index (κ3) is 6.17. The fraction of sp³-hybridized carbons (Fsp3) is 0.600. The number of carbonyl (C=O) groups excluding carboxylic acids is 2. The minimum Gasteiger partial charge on any atom is -0.391 e. The van der Waals surface area contributed by atoms with Crippen molar-refractivity contribution in [1.29, 1.82) is 0 Å². The number of aliphatic hydroxyl groups is 2. The lowest BCUT2D eigenvalue weighted by Crippen LogP contribution is -2.56. The average molecular weight is 564 g/mol. The van der Waals surface area contributed by atoms with Gasteiger partial charge in [0.2, 0.25) is 11.9 Å². The number of fused-ring (bicyclic) bond motifs is 1. The molecule has 1 aromatic heterocycles. The number of likely N-dealkylation sites (tertiary alicyclic amines) is 2. The Morgan fingerprint density at radius 1 is 0.902 bits per heavy atom. The second-order valence-electron chi connectivity index (χ2n) is 11.9. The molecule has 3 N–H and O–H groups in total. The van der Waals surface area contributed by atoms with Gasteiger partial charge in [0.1, 0.15) is 11.5 Å². The van der Waals surface area contributed by atoms with Gasteiger partial charge in [0.25, 0.3) is 5.91 Å². The molecule has 0 spiro atoms. The zero-order chi connectivity index (χ0) is 28.5. The Morgan fingerprint density at radius 2 is 1.66 bits per heavy atom. The number of rotatable bonds is 5. The minimum absolute atomic E-state index is 0.0116. The summed E-state index contributed by atoms with van der Waals surface area (Å²) in [6, 6.07) is 10.3. The molecule has 4 aliphatic rings. The lowest BCUT2D eigenvalue weighted by atomic mass is 9.94. The SMILES string of the molecule is CC(=O)N1CCC(Nc2cc(C(=O)N3CC[C@@H](N4CCc5ccccc5C4)[C@H](O)C3)nc(N3CC[C@H](O)C3)n2)CC1. The molecular weight excluding hydrogens is 522 g/mol. The number of aromatic nitrogens is 2. The van der Waals surface area contributed by atoms with Crippen LogP contribution in [0.3, 0.4) is 0 Å². The zero-order valence-corrected chi connectivity index (χ0v) is 23.8. The first-order chi connectivity index (χ1) is 19.8. The number of benzene rings is 1. The lowest BCUT2D eigenvalue weighted by molar-refractivity contribution is -0.129. The molecular formula is C30H41N7O4. The number of β-amino-alcohol motifs (C(OH)–C–C–N with tert-alkyl or cyclic N) is 2. The maximum Gasteiger partial charge on any atom is 0.272 e. The molecule has 0 unspecified atom stereocenters. The Balaban J connectivity index is 1.15. The summed E-state index contributed by atoms with van der Waals surface area (Å²) in [7, 11) is 0. The number of nitrogens with one attached hydrogen (secondary N) is 1. The average Bonchev–Trinajstić information content (AvgIpc) is 3.43. The van der Waals surface area contributed by atoms with Crippen LogP contribution < -0.4 is 10.2 Å². The number of anilines is 2. The number of piperidine rings is 2. The van der Waals surface area contributed by atoms with Crippen LogP contribution in [0.2, 0.25) is 0 Å². The van der Waals surface area contributed by atoms with E-state index in [4.69, 9.17) is 4.98 Å². The van der Waals surface area contributed by atoms with Crippen molar-refractivity contribution in [3.63, 3.8) is 0 Å². The van der Waals surface area contributed by atoms with E-state index in [9.17, 15) is 19.8 Å². The molecule has 0 saturated carbocycles. The van der Waals surface area contributed by atoms with Crippen molar-refractivity contribution in [3.8, 4) is 0 Å². The second kappa shape index (κ2) is 11.9. The van der Waals surface area contributed by atoms with Crippen LogP contribution in [0.1, 0.15) is 54.2 Å².